The zero-order valence-corrected chi connectivity index (χ0v) is 14.6. The number of amidine groups is 1. The number of nitrogens with zero attached hydrogens (tertiary/aromatic N) is 5. The van der Waals surface area contributed by atoms with Crippen LogP contribution in [0.4, 0.5) is 9.18 Å². The Bertz CT molecular complexity index is 922. The predicted octanol–water partition coefficient (Wildman–Crippen LogP) is 0.736. The highest BCUT2D eigenvalue weighted by molar-refractivity contribution is 6.23. The number of hydrogen-bond donors (Lipinski definition) is 1. The zero-order valence-electron chi connectivity index (χ0n) is 14.6. The van der Waals surface area contributed by atoms with Crippen LogP contribution in [0.2, 0.25) is 0 Å². The molecule has 4 rings (SSSR count). The van der Waals surface area contributed by atoms with Crippen molar-refractivity contribution in [3.63, 3.8) is 0 Å². The van der Waals surface area contributed by atoms with E-state index in [1.165, 1.54) is 11.0 Å². The summed E-state index contributed by atoms with van der Waals surface area (Å²) in [4.78, 5) is 32.6. The van der Waals surface area contributed by atoms with E-state index in [0.717, 1.165) is 10.6 Å². The second-order valence-electron chi connectivity index (χ2n) is 6.50. The Labute approximate surface area is 149 Å². The number of benzene rings is 1. The molecule has 0 aromatic heterocycles. The van der Waals surface area contributed by atoms with Crippen molar-refractivity contribution in [3.05, 3.63) is 35.6 Å². The molecule has 0 bridgehead atoms. The first-order chi connectivity index (χ1) is 12.4. The monoisotopic (exact) mass is 357 g/mol. The molecule has 1 saturated heterocycles. The molecule has 134 valence electrons. The Hall–Kier alpha value is -3.10. The molecule has 0 aliphatic carbocycles. The SMILES string of the molecule is CC1=NNC2=[N+](C1C)C1C(=O)N(Cc3ccccc3F)C(=O)N(C)C1=N2. The van der Waals surface area contributed by atoms with Gasteiger partial charge in [-0.05, 0) is 19.9 Å². The number of nitrogens with one attached hydrogen (secondary N) is 1. The van der Waals surface area contributed by atoms with Gasteiger partial charge in [0.15, 0.2) is 0 Å². The first-order valence-electron chi connectivity index (χ1n) is 8.26. The highest BCUT2D eigenvalue weighted by Gasteiger charge is 2.54. The summed E-state index contributed by atoms with van der Waals surface area (Å²) in [5.41, 5.74) is 3.91. The van der Waals surface area contributed by atoms with Crippen molar-refractivity contribution in [2.75, 3.05) is 7.05 Å². The number of fused-ring (bicyclic) bond motifs is 2. The van der Waals surface area contributed by atoms with Crippen LogP contribution in [-0.4, -0.2) is 63.0 Å². The summed E-state index contributed by atoms with van der Waals surface area (Å²) < 4.78 is 15.8. The molecule has 3 amide bonds. The molecule has 0 spiro atoms. The fraction of sp³-hybridized carbons (Fsp3) is 0.353. The Balaban J connectivity index is 1.71. The van der Waals surface area contributed by atoms with E-state index in [-0.39, 0.29) is 18.2 Å². The lowest BCUT2D eigenvalue weighted by Crippen LogP contribution is -2.64. The first kappa shape index (κ1) is 16.4. The number of carbonyl (C=O) groups excluding carboxylic acids is 2. The quantitative estimate of drug-likeness (QED) is 0.793. The number of likely N-dealkylation sites (N-methyl/N-ethyl adjacent to an activating group) is 1. The van der Waals surface area contributed by atoms with E-state index < -0.39 is 23.8 Å². The van der Waals surface area contributed by atoms with E-state index in [1.54, 1.807) is 29.8 Å². The summed E-state index contributed by atoms with van der Waals surface area (Å²) in [6, 6.07) is 4.68. The molecule has 26 heavy (non-hydrogen) atoms. The Kier molecular flexibility index (Phi) is 3.60. The molecule has 3 aliphatic heterocycles. The maximum absolute atomic E-state index is 14.0. The van der Waals surface area contributed by atoms with Gasteiger partial charge in [0.1, 0.15) is 11.9 Å². The second kappa shape index (κ2) is 5.72. The molecular weight excluding hydrogens is 339 g/mol. The lowest BCUT2D eigenvalue weighted by molar-refractivity contribution is -0.555. The molecular formula is C17H18FN6O2+. The van der Waals surface area contributed by atoms with Crippen molar-refractivity contribution in [3.8, 4) is 0 Å². The lowest BCUT2D eigenvalue weighted by Gasteiger charge is -2.35. The molecule has 1 aromatic carbocycles. The third-order valence-electron chi connectivity index (χ3n) is 4.99. The first-order valence-corrected chi connectivity index (χ1v) is 8.26. The molecule has 1 N–H and O–H groups in total. The molecule has 1 aromatic rings. The van der Waals surface area contributed by atoms with Gasteiger partial charge in [0.25, 0.3) is 5.91 Å². The summed E-state index contributed by atoms with van der Waals surface area (Å²) in [7, 11) is 1.56. The lowest BCUT2D eigenvalue weighted by atomic mass is 10.1. The minimum atomic E-state index is -0.743. The maximum atomic E-state index is 14.0. The number of guanidine groups is 1. The Morgan fingerprint density at radius 1 is 1.31 bits per heavy atom. The van der Waals surface area contributed by atoms with E-state index in [4.69, 9.17) is 0 Å². The molecule has 0 saturated carbocycles. The number of hydrogen-bond acceptors (Lipinski definition) is 5. The largest absolute Gasteiger partial charge is 0.414 e. The van der Waals surface area contributed by atoms with Gasteiger partial charge in [0, 0.05) is 12.6 Å². The zero-order chi connectivity index (χ0) is 18.6. The summed E-state index contributed by atoms with van der Waals surface area (Å²) >= 11 is 0. The minimum Gasteiger partial charge on any atom is -0.270 e. The highest BCUT2D eigenvalue weighted by Crippen LogP contribution is 2.24. The maximum Gasteiger partial charge on any atom is 0.414 e. The number of urea groups is 1. The Morgan fingerprint density at radius 2 is 2.04 bits per heavy atom. The number of amides is 3. The summed E-state index contributed by atoms with van der Waals surface area (Å²) in [5, 5.41) is 4.18. The standard InChI is InChI=1S/C17H17FN6O2/c1-9-10(2)24-13-14(19-16(24)21-20-9)22(3)17(26)23(15(13)25)8-11-6-4-5-7-12(11)18/h4-7,10,13H,8H2,1-3H3/p+1. The number of hydrazone groups is 1. The third kappa shape index (κ3) is 2.23. The molecule has 1 fully saturated rings. The molecule has 9 heteroatoms. The normalized spacial score (nSPS) is 24.9. The average Bonchev–Trinajstić information content (AvgIpc) is 3.02. The van der Waals surface area contributed by atoms with Crippen LogP contribution >= 0.6 is 0 Å². The van der Waals surface area contributed by atoms with Crippen molar-refractivity contribution in [2.45, 2.75) is 32.5 Å². The van der Waals surface area contributed by atoms with Crippen LogP contribution in [0.3, 0.4) is 0 Å². The van der Waals surface area contributed by atoms with E-state index in [2.05, 4.69) is 15.5 Å². The van der Waals surface area contributed by atoms with Gasteiger partial charge in [-0.1, -0.05) is 23.2 Å². The fourth-order valence-electron chi connectivity index (χ4n) is 3.35. The van der Waals surface area contributed by atoms with Gasteiger partial charge >= 0.3 is 12.0 Å². The van der Waals surface area contributed by atoms with Crippen LogP contribution < -0.4 is 5.43 Å². The third-order valence-corrected chi connectivity index (χ3v) is 4.99. The van der Waals surface area contributed by atoms with Gasteiger partial charge in [-0.25, -0.2) is 13.8 Å². The van der Waals surface area contributed by atoms with Crippen molar-refractivity contribution in [1.82, 2.24) is 15.2 Å². The smallest absolute Gasteiger partial charge is 0.270 e. The summed E-state index contributed by atoms with van der Waals surface area (Å²) in [6.45, 7) is 3.64. The molecule has 3 aliphatic rings. The number of halogens is 1. The van der Waals surface area contributed by atoms with Crippen molar-refractivity contribution < 1.29 is 18.6 Å². The number of aliphatic imine (C=N–C) groups is 1. The predicted molar refractivity (Wildman–Crippen MR) is 92.3 cm³/mol. The van der Waals surface area contributed by atoms with E-state index >= 15 is 0 Å². The van der Waals surface area contributed by atoms with Crippen LogP contribution in [0, 0.1) is 5.82 Å². The van der Waals surface area contributed by atoms with Crippen LogP contribution in [0.1, 0.15) is 19.4 Å². The molecule has 2 atom stereocenters. The van der Waals surface area contributed by atoms with Gasteiger partial charge < -0.3 is 0 Å². The fourth-order valence-corrected chi connectivity index (χ4v) is 3.35. The van der Waals surface area contributed by atoms with Crippen LogP contribution in [0.5, 0.6) is 0 Å². The van der Waals surface area contributed by atoms with Gasteiger partial charge in [0.2, 0.25) is 11.9 Å². The van der Waals surface area contributed by atoms with Crippen LogP contribution in [0.15, 0.2) is 34.4 Å². The molecule has 0 radical (unpaired) electrons. The topological polar surface area (TPSA) is 80.4 Å². The van der Waals surface area contributed by atoms with Crippen molar-refractivity contribution in [1.29, 1.82) is 0 Å². The van der Waals surface area contributed by atoms with E-state index in [1.807, 2.05) is 13.8 Å². The summed E-state index contributed by atoms with van der Waals surface area (Å²) in [6.07, 6.45) is 0. The number of rotatable bonds is 2. The molecule has 2 unspecified atom stereocenters. The highest BCUT2D eigenvalue weighted by atomic mass is 19.1. The molecule has 3 heterocycles. The Morgan fingerprint density at radius 3 is 2.77 bits per heavy atom. The van der Waals surface area contributed by atoms with Gasteiger partial charge in [-0.15, -0.1) is 5.10 Å². The van der Waals surface area contributed by atoms with Crippen molar-refractivity contribution in [2.24, 2.45) is 10.1 Å². The summed E-state index contributed by atoms with van der Waals surface area (Å²) in [5.74, 6) is -0.0915. The molecule has 8 nitrogen and oxygen atoms in total. The number of carbonyl (C=O) groups is 2. The van der Waals surface area contributed by atoms with E-state index in [0.29, 0.717) is 11.8 Å². The van der Waals surface area contributed by atoms with Gasteiger partial charge in [-0.2, -0.15) is 5.43 Å². The second-order valence-corrected chi connectivity index (χ2v) is 6.50. The number of imide groups is 1. The van der Waals surface area contributed by atoms with E-state index in [9.17, 15) is 14.0 Å². The van der Waals surface area contributed by atoms with Crippen molar-refractivity contribution >= 4 is 29.4 Å². The average molecular weight is 357 g/mol. The minimum absolute atomic E-state index is 0.128. The van der Waals surface area contributed by atoms with Crippen LogP contribution in [0.25, 0.3) is 0 Å². The van der Waals surface area contributed by atoms with Gasteiger partial charge in [0.05, 0.1) is 12.3 Å². The van der Waals surface area contributed by atoms with Gasteiger partial charge in [-0.3, -0.25) is 14.6 Å². The van der Waals surface area contributed by atoms with Crippen LogP contribution in [-0.2, 0) is 11.3 Å².